The molecule has 0 saturated heterocycles. The maximum atomic E-state index is 6.75. The smallest absolute Gasteiger partial charge is 0.143 e. The molecule has 0 fully saturated rings. The topological polar surface area (TPSA) is 56.7 Å². The quantitative estimate of drug-likeness (QED) is 0.169. The average molecular weight is 767 g/mol. The zero-order valence-electron chi connectivity index (χ0n) is 32.3. The molecule has 0 bridgehead atoms. The fourth-order valence-electron chi connectivity index (χ4n) is 8.98. The highest BCUT2D eigenvalue weighted by Gasteiger charge is 2.19. The molecule has 280 valence electrons. The van der Waals surface area contributed by atoms with Crippen LogP contribution in [-0.4, -0.2) is 19.5 Å². The van der Waals surface area contributed by atoms with Crippen LogP contribution in [0.4, 0.5) is 0 Å². The SMILES string of the molecule is c1cncc(-c2cc(-c3ccc(-c4cccc5oc6c7ccccc7c(-c7ccc(-n8c9ccccc9c9ccccc98)cc7)cc6c45)cc3)cc(-c3cccnc3)n2)c1. The van der Waals surface area contributed by atoms with Crippen molar-refractivity contribution in [2.24, 2.45) is 0 Å². The van der Waals surface area contributed by atoms with Gasteiger partial charge < -0.3 is 8.98 Å². The number of nitrogens with zero attached hydrogens (tertiary/aromatic N) is 4. The van der Waals surface area contributed by atoms with Gasteiger partial charge >= 0.3 is 0 Å². The van der Waals surface area contributed by atoms with Gasteiger partial charge in [-0.1, -0.05) is 109 Å². The lowest BCUT2D eigenvalue weighted by Gasteiger charge is -2.12. The third-order valence-corrected chi connectivity index (χ3v) is 11.8. The molecule has 5 aromatic heterocycles. The lowest BCUT2D eigenvalue weighted by Crippen LogP contribution is -1.93. The highest BCUT2D eigenvalue weighted by molar-refractivity contribution is 6.22. The van der Waals surface area contributed by atoms with Crippen LogP contribution in [0, 0.1) is 0 Å². The molecule has 12 rings (SSSR count). The molecule has 7 aromatic carbocycles. The molecule has 0 spiro atoms. The van der Waals surface area contributed by atoms with E-state index in [2.05, 4.69) is 172 Å². The molecule has 0 N–H and O–H groups in total. The highest BCUT2D eigenvalue weighted by Crippen LogP contribution is 2.44. The fourth-order valence-corrected chi connectivity index (χ4v) is 8.98. The first kappa shape index (κ1) is 33.9. The van der Waals surface area contributed by atoms with E-state index < -0.39 is 0 Å². The summed E-state index contributed by atoms with van der Waals surface area (Å²) < 4.78 is 9.12. The first-order chi connectivity index (χ1) is 29.7. The Morgan fingerprint density at radius 3 is 1.58 bits per heavy atom. The first-order valence-electron chi connectivity index (χ1n) is 20.1. The molecule has 0 amide bonds. The third kappa shape index (κ3) is 5.52. The van der Waals surface area contributed by atoms with Crippen molar-refractivity contribution in [1.29, 1.82) is 0 Å². The van der Waals surface area contributed by atoms with Gasteiger partial charge in [0.25, 0.3) is 0 Å². The van der Waals surface area contributed by atoms with Crippen LogP contribution in [-0.2, 0) is 0 Å². The van der Waals surface area contributed by atoms with Gasteiger partial charge in [0.2, 0.25) is 0 Å². The van der Waals surface area contributed by atoms with Crippen molar-refractivity contribution >= 4 is 54.5 Å². The third-order valence-electron chi connectivity index (χ3n) is 11.8. The van der Waals surface area contributed by atoms with Gasteiger partial charge in [-0.15, -0.1) is 0 Å². The lowest BCUT2D eigenvalue weighted by atomic mass is 9.92. The summed E-state index contributed by atoms with van der Waals surface area (Å²) in [6.45, 7) is 0. The Morgan fingerprint density at radius 2 is 0.950 bits per heavy atom. The van der Waals surface area contributed by atoms with Crippen LogP contribution >= 0.6 is 0 Å². The van der Waals surface area contributed by atoms with Gasteiger partial charge in [0, 0.05) is 68.5 Å². The standard InChI is InChI=1S/C55H34N4O/c1-2-15-46-43(12-1)47(37-24-26-41(27-25-37)59-51-17-5-3-13-44(51)45-14-4-6-18-52(45)59)32-48-54-42(16-7-19-53(54)60-55(46)48)36-22-20-35(21-23-36)40-30-49(38-10-8-28-56-33-38)58-50(31-40)39-11-9-29-57-34-39/h1-34H. The minimum atomic E-state index is 0.863. The predicted octanol–water partition coefficient (Wildman–Crippen LogP) is 14.4. The largest absolute Gasteiger partial charge is 0.455 e. The van der Waals surface area contributed by atoms with Gasteiger partial charge in [-0.25, -0.2) is 4.98 Å². The summed E-state index contributed by atoms with van der Waals surface area (Å²) in [7, 11) is 0. The number of pyridine rings is 3. The Kier molecular flexibility index (Phi) is 7.78. The van der Waals surface area contributed by atoms with Crippen molar-refractivity contribution in [3.05, 3.63) is 207 Å². The van der Waals surface area contributed by atoms with Crippen molar-refractivity contribution in [2.75, 3.05) is 0 Å². The Hall–Kier alpha value is -8.15. The van der Waals surface area contributed by atoms with E-state index >= 15 is 0 Å². The molecule has 12 aromatic rings. The maximum absolute atomic E-state index is 6.75. The molecule has 0 atom stereocenters. The van der Waals surface area contributed by atoms with E-state index in [0.717, 1.165) is 88.7 Å². The summed E-state index contributed by atoms with van der Waals surface area (Å²) >= 11 is 0. The number of para-hydroxylation sites is 2. The highest BCUT2D eigenvalue weighted by atomic mass is 16.3. The minimum absolute atomic E-state index is 0.863. The van der Waals surface area contributed by atoms with Gasteiger partial charge in [0.1, 0.15) is 11.2 Å². The van der Waals surface area contributed by atoms with Gasteiger partial charge in [-0.05, 0) is 112 Å². The Labute approximate surface area is 345 Å². The van der Waals surface area contributed by atoms with Crippen molar-refractivity contribution in [3.63, 3.8) is 0 Å². The van der Waals surface area contributed by atoms with E-state index in [1.54, 1.807) is 12.4 Å². The van der Waals surface area contributed by atoms with Gasteiger partial charge in [0.15, 0.2) is 0 Å². The monoisotopic (exact) mass is 766 g/mol. The van der Waals surface area contributed by atoms with E-state index in [-0.39, 0.29) is 0 Å². The molecule has 0 aliphatic carbocycles. The summed E-state index contributed by atoms with van der Waals surface area (Å²) in [5, 5.41) is 6.98. The van der Waals surface area contributed by atoms with Crippen molar-refractivity contribution in [2.45, 2.75) is 0 Å². The van der Waals surface area contributed by atoms with E-state index in [9.17, 15) is 0 Å². The summed E-state index contributed by atoms with van der Waals surface area (Å²) in [6, 6.07) is 64.7. The van der Waals surface area contributed by atoms with E-state index in [1.165, 1.54) is 27.4 Å². The number of benzene rings is 7. The van der Waals surface area contributed by atoms with Crippen molar-refractivity contribution in [3.8, 4) is 61.6 Å². The maximum Gasteiger partial charge on any atom is 0.143 e. The normalized spacial score (nSPS) is 11.7. The molecule has 5 heterocycles. The van der Waals surface area contributed by atoms with Crippen molar-refractivity contribution < 1.29 is 4.42 Å². The number of furan rings is 1. The van der Waals surface area contributed by atoms with E-state index in [4.69, 9.17) is 9.40 Å². The first-order valence-corrected chi connectivity index (χ1v) is 20.1. The van der Waals surface area contributed by atoms with Crippen LogP contribution in [0.2, 0.25) is 0 Å². The molecule has 0 saturated carbocycles. The van der Waals surface area contributed by atoms with Crippen LogP contribution in [0.5, 0.6) is 0 Å². The van der Waals surface area contributed by atoms with Gasteiger partial charge in [-0.2, -0.15) is 0 Å². The molecular weight excluding hydrogens is 733 g/mol. The molecule has 0 aliphatic rings. The second-order valence-corrected chi connectivity index (χ2v) is 15.2. The van der Waals surface area contributed by atoms with Crippen LogP contribution in [0.15, 0.2) is 211 Å². The predicted molar refractivity (Wildman–Crippen MR) is 246 cm³/mol. The fraction of sp³-hybridized carbons (Fsp3) is 0. The molecule has 0 unspecified atom stereocenters. The van der Waals surface area contributed by atoms with Crippen LogP contribution < -0.4 is 0 Å². The molecule has 5 heteroatoms. The Bertz CT molecular complexity index is 3460. The van der Waals surface area contributed by atoms with Crippen molar-refractivity contribution in [1.82, 2.24) is 19.5 Å². The van der Waals surface area contributed by atoms with Gasteiger partial charge in [0.05, 0.1) is 22.4 Å². The van der Waals surface area contributed by atoms with Crippen LogP contribution in [0.1, 0.15) is 0 Å². The number of fused-ring (bicyclic) bond motifs is 8. The zero-order chi connectivity index (χ0) is 39.6. The number of aromatic nitrogens is 4. The number of hydrogen-bond acceptors (Lipinski definition) is 4. The van der Waals surface area contributed by atoms with Crippen LogP contribution in [0.3, 0.4) is 0 Å². The summed E-state index contributed by atoms with van der Waals surface area (Å²) in [5.74, 6) is 0. The second-order valence-electron chi connectivity index (χ2n) is 15.2. The molecule has 5 nitrogen and oxygen atoms in total. The van der Waals surface area contributed by atoms with Crippen LogP contribution in [0.25, 0.3) is 116 Å². The summed E-state index contributed by atoms with van der Waals surface area (Å²) in [5.41, 5.74) is 15.7. The lowest BCUT2D eigenvalue weighted by molar-refractivity contribution is 0.673. The summed E-state index contributed by atoms with van der Waals surface area (Å²) in [4.78, 5) is 13.7. The molecule has 60 heavy (non-hydrogen) atoms. The molecular formula is C55H34N4O. The number of rotatable bonds is 6. The second kappa shape index (κ2) is 13.8. The van der Waals surface area contributed by atoms with E-state index in [1.807, 2.05) is 36.7 Å². The molecule has 0 aliphatic heterocycles. The zero-order valence-corrected chi connectivity index (χ0v) is 32.3. The Morgan fingerprint density at radius 1 is 0.383 bits per heavy atom. The van der Waals surface area contributed by atoms with Gasteiger partial charge in [-0.3, -0.25) is 9.97 Å². The summed E-state index contributed by atoms with van der Waals surface area (Å²) in [6.07, 6.45) is 7.28. The average Bonchev–Trinajstić information content (AvgIpc) is 3.88. The Balaban J connectivity index is 0.973. The minimum Gasteiger partial charge on any atom is -0.455 e. The molecule has 0 radical (unpaired) electrons. The van der Waals surface area contributed by atoms with E-state index in [0.29, 0.717) is 0 Å². The number of hydrogen-bond donors (Lipinski definition) is 0.